The minimum absolute atomic E-state index is 0.148. The number of piperidine rings is 1. The van der Waals surface area contributed by atoms with Crippen LogP contribution >= 0.6 is 0 Å². The van der Waals surface area contributed by atoms with Crippen molar-refractivity contribution in [2.45, 2.75) is 25.3 Å². The van der Waals surface area contributed by atoms with Crippen LogP contribution in [0.3, 0.4) is 0 Å². The highest BCUT2D eigenvalue weighted by molar-refractivity contribution is 5.93. The van der Waals surface area contributed by atoms with Crippen molar-refractivity contribution in [3.63, 3.8) is 0 Å². The maximum absolute atomic E-state index is 12.4. The number of rotatable bonds is 5. The van der Waals surface area contributed by atoms with Crippen molar-refractivity contribution in [3.8, 4) is 0 Å². The highest BCUT2D eigenvalue weighted by Crippen LogP contribution is 2.28. The number of benzene rings is 2. The Bertz CT molecular complexity index is 684. The second kappa shape index (κ2) is 8.53. The fourth-order valence-corrected chi connectivity index (χ4v) is 3.23. The summed E-state index contributed by atoms with van der Waals surface area (Å²) >= 11 is 0. The van der Waals surface area contributed by atoms with Gasteiger partial charge in [-0.3, -0.25) is 0 Å². The molecule has 1 aliphatic rings. The molecule has 1 saturated heterocycles. The first kappa shape index (κ1) is 17.3. The van der Waals surface area contributed by atoms with Gasteiger partial charge in [0.2, 0.25) is 0 Å². The topological polar surface area (TPSA) is 64.6 Å². The first-order valence-corrected chi connectivity index (χ1v) is 8.85. The highest BCUT2D eigenvalue weighted by atomic mass is 16.3. The van der Waals surface area contributed by atoms with Crippen molar-refractivity contribution in [1.82, 2.24) is 5.32 Å². The van der Waals surface area contributed by atoms with E-state index >= 15 is 0 Å². The molecule has 0 radical (unpaired) electrons. The van der Waals surface area contributed by atoms with Gasteiger partial charge in [0.15, 0.2) is 0 Å². The summed E-state index contributed by atoms with van der Waals surface area (Å²) in [5.41, 5.74) is 2.73. The fourth-order valence-electron chi connectivity index (χ4n) is 3.23. The molecule has 5 nitrogen and oxygen atoms in total. The van der Waals surface area contributed by atoms with E-state index < -0.39 is 6.04 Å². The summed E-state index contributed by atoms with van der Waals surface area (Å²) in [6.07, 6.45) is 3.63. The SMILES string of the molecule is O=C(Nc1ccccc1N1CCCCC1)N[C@H](CO)c1ccccc1. The molecule has 1 heterocycles. The summed E-state index contributed by atoms with van der Waals surface area (Å²) in [6, 6.07) is 16.6. The van der Waals surface area contributed by atoms with E-state index in [0.29, 0.717) is 0 Å². The van der Waals surface area contributed by atoms with Crippen molar-refractivity contribution in [2.24, 2.45) is 0 Å². The van der Waals surface area contributed by atoms with Gasteiger partial charge in [-0.25, -0.2) is 4.79 Å². The molecular weight excluding hydrogens is 314 g/mol. The molecule has 0 unspecified atom stereocenters. The molecule has 1 aliphatic heterocycles. The van der Waals surface area contributed by atoms with Crippen LogP contribution in [-0.4, -0.2) is 30.8 Å². The lowest BCUT2D eigenvalue weighted by Crippen LogP contribution is -2.35. The van der Waals surface area contributed by atoms with Crippen LogP contribution in [0.15, 0.2) is 54.6 Å². The summed E-state index contributed by atoms with van der Waals surface area (Å²) in [5, 5.41) is 15.4. The van der Waals surface area contributed by atoms with Crippen molar-refractivity contribution in [2.75, 3.05) is 29.9 Å². The van der Waals surface area contributed by atoms with Gasteiger partial charge in [0, 0.05) is 13.1 Å². The van der Waals surface area contributed by atoms with E-state index in [9.17, 15) is 9.90 Å². The van der Waals surface area contributed by atoms with Gasteiger partial charge in [-0.05, 0) is 37.0 Å². The normalized spacial score (nSPS) is 15.5. The molecule has 0 aliphatic carbocycles. The Morgan fingerprint density at radius 1 is 1.00 bits per heavy atom. The van der Waals surface area contributed by atoms with Gasteiger partial charge in [-0.2, -0.15) is 0 Å². The summed E-state index contributed by atoms with van der Waals surface area (Å²) in [5.74, 6) is 0. The molecule has 132 valence electrons. The summed E-state index contributed by atoms with van der Waals surface area (Å²) in [6.45, 7) is 1.89. The van der Waals surface area contributed by atoms with E-state index in [1.165, 1.54) is 19.3 Å². The largest absolute Gasteiger partial charge is 0.394 e. The molecular formula is C20H25N3O2. The monoisotopic (exact) mass is 339 g/mol. The predicted molar refractivity (Wildman–Crippen MR) is 101 cm³/mol. The Morgan fingerprint density at radius 2 is 1.68 bits per heavy atom. The number of nitrogens with one attached hydrogen (secondary N) is 2. The van der Waals surface area contributed by atoms with Crippen LogP contribution in [0.1, 0.15) is 30.9 Å². The number of hydrogen-bond donors (Lipinski definition) is 3. The molecule has 0 spiro atoms. The Balaban J connectivity index is 1.68. The first-order valence-electron chi connectivity index (χ1n) is 8.85. The zero-order chi connectivity index (χ0) is 17.5. The maximum atomic E-state index is 12.4. The standard InChI is InChI=1S/C20H25N3O2/c24-15-18(16-9-3-1-4-10-16)22-20(25)21-17-11-5-6-12-19(17)23-13-7-2-8-14-23/h1,3-6,9-12,18,24H,2,7-8,13-15H2,(H2,21,22,25)/t18-/m1/s1. The molecule has 3 rings (SSSR count). The molecule has 2 amide bonds. The highest BCUT2D eigenvalue weighted by Gasteiger charge is 2.17. The third kappa shape index (κ3) is 4.51. The lowest BCUT2D eigenvalue weighted by Gasteiger charge is -2.30. The van der Waals surface area contributed by atoms with Gasteiger partial charge < -0.3 is 20.6 Å². The number of aliphatic hydroxyl groups is 1. The molecule has 0 bridgehead atoms. The third-order valence-electron chi connectivity index (χ3n) is 4.54. The molecule has 1 fully saturated rings. The summed E-state index contributed by atoms with van der Waals surface area (Å²) in [4.78, 5) is 14.8. The van der Waals surface area contributed by atoms with Gasteiger partial charge in [0.05, 0.1) is 24.0 Å². The van der Waals surface area contributed by atoms with Gasteiger partial charge in [-0.1, -0.05) is 42.5 Å². The third-order valence-corrected chi connectivity index (χ3v) is 4.54. The number of hydrogen-bond acceptors (Lipinski definition) is 3. The smallest absolute Gasteiger partial charge is 0.319 e. The number of amides is 2. The van der Waals surface area contributed by atoms with E-state index in [1.807, 2.05) is 54.6 Å². The van der Waals surface area contributed by atoms with Crippen molar-refractivity contribution in [1.29, 1.82) is 0 Å². The average molecular weight is 339 g/mol. The van der Waals surface area contributed by atoms with E-state index in [2.05, 4.69) is 15.5 Å². The number of para-hydroxylation sites is 2. The Hall–Kier alpha value is -2.53. The van der Waals surface area contributed by atoms with Crippen molar-refractivity contribution in [3.05, 3.63) is 60.2 Å². The predicted octanol–water partition coefficient (Wildman–Crippen LogP) is 3.53. The Labute approximate surface area is 148 Å². The van der Waals surface area contributed by atoms with E-state index in [0.717, 1.165) is 30.0 Å². The van der Waals surface area contributed by atoms with Crippen LogP contribution in [0.5, 0.6) is 0 Å². The van der Waals surface area contributed by atoms with Gasteiger partial charge in [0.1, 0.15) is 0 Å². The first-order chi connectivity index (χ1) is 12.3. The average Bonchev–Trinajstić information content (AvgIpc) is 2.68. The van der Waals surface area contributed by atoms with E-state index in [-0.39, 0.29) is 12.6 Å². The molecule has 0 aromatic heterocycles. The second-order valence-electron chi connectivity index (χ2n) is 6.31. The van der Waals surface area contributed by atoms with Gasteiger partial charge in [-0.15, -0.1) is 0 Å². The zero-order valence-electron chi connectivity index (χ0n) is 14.3. The fraction of sp³-hybridized carbons (Fsp3) is 0.350. The molecule has 2 aromatic carbocycles. The number of nitrogens with zero attached hydrogens (tertiary/aromatic N) is 1. The molecule has 25 heavy (non-hydrogen) atoms. The lowest BCUT2D eigenvalue weighted by molar-refractivity contribution is 0.225. The molecule has 1 atom stereocenters. The minimum Gasteiger partial charge on any atom is -0.394 e. The molecule has 0 saturated carbocycles. The van der Waals surface area contributed by atoms with Gasteiger partial charge >= 0.3 is 6.03 Å². The minimum atomic E-state index is -0.427. The maximum Gasteiger partial charge on any atom is 0.319 e. The quantitative estimate of drug-likeness (QED) is 0.781. The van der Waals surface area contributed by atoms with Crippen LogP contribution in [0.2, 0.25) is 0 Å². The van der Waals surface area contributed by atoms with Crippen LogP contribution in [-0.2, 0) is 0 Å². The lowest BCUT2D eigenvalue weighted by atomic mass is 10.1. The van der Waals surface area contributed by atoms with E-state index in [4.69, 9.17) is 0 Å². The van der Waals surface area contributed by atoms with Crippen molar-refractivity contribution < 1.29 is 9.90 Å². The number of carbonyl (C=O) groups excluding carboxylic acids is 1. The molecule has 3 N–H and O–H groups in total. The van der Waals surface area contributed by atoms with E-state index in [1.54, 1.807) is 0 Å². The van der Waals surface area contributed by atoms with Gasteiger partial charge in [0.25, 0.3) is 0 Å². The number of carbonyl (C=O) groups is 1. The Kier molecular flexibility index (Phi) is 5.90. The van der Waals surface area contributed by atoms with Crippen LogP contribution in [0.4, 0.5) is 16.2 Å². The van der Waals surface area contributed by atoms with Crippen LogP contribution in [0.25, 0.3) is 0 Å². The van der Waals surface area contributed by atoms with Crippen LogP contribution < -0.4 is 15.5 Å². The molecule has 5 heteroatoms. The summed E-state index contributed by atoms with van der Waals surface area (Å²) < 4.78 is 0. The Morgan fingerprint density at radius 3 is 2.40 bits per heavy atom. The van der Waals surface area contributed by atoms with Crippen molar-refractivity contribution >= 4 is 17.4 Å². The second-order valence-corrected chi connectivity index (χ2v) is 6.31. The number of urea groups is 1. The number of aliphatic hydroxyl groups excluding tert-OH is 1. The zero-order valence-corrected chi connectivity index (χ0v) is 14.3. The van der Waals surface area contributed by atoms with Crippen LogP contribution in [0, 0.1) is 0 Å². The molecule has 2 aromatic rings. The number of anilines is 2. The summed E-state index contributed by atoms with van der Waals surface area (Å²) in [7, 11) is 0.